The highest BCUT2D eigenvalue weighted by atomic mass is 16.5. The number of rotatable bonds is 5. The van der Waals surface area contributed by atoms with Crippen molar-refractivity contribution in [2.45, 2.75) is 6.92 Å². The Labute approximate surface area is 127 Å². The first-order valence-corrected chi connectivity index (χ1v) is 6.41. The summed E-state index contributed by atoms with van der Waals surface area (Å²) in [4.78, 5) is 20.2. The van der Waals surface area contributed by atoms with Crippen molar-refractivity contribution in [2.24, 2.45) is 0 Å². The quantitative estimate of drug-likeness (QED) is 0.782. The molecule has 0 N–H and O–H groups in total. The molecule has 2 rings (SSSR count). The van der Waals surface area contributed by atoms with Crippen LogP contribution in [0.4, 0.5) is 0 Å². The maximum atomic E-state index is 12.2. The van der Waals surface area contributed by atoms with Crippen LogP contribution in [-0.4, -0.2) is 37.3 Å². The summed E-state index contributed by atoms with van der Waals surface area (Å²) in [5, 5.41) is 0. The highest BCUT2D eigenvalue weighted by molar-refractivity contribution is 5.91. The van der Waals surface area contributed by atoms with Crippen LogP contribution in [0.3, 0.4) is 0 Å². The van der Waals surface area contributed by atoms with Crippen molar-refractivity contribution in [2.75, 3.05) is 21.3 Å². The van der Waals surface area contributed by atoms with Crippen LogP contribution in [0.1, 0.15) is 16.1 Å². The SMILES string of the molecule is COc1nc(C)cc(OC(=O)c2ccc(OC)c(OC)c2)n1. The molecule has 7 nitrogen and oxygen atoms in total. The van der Waals surface area contributed by atoms with Crippen molar-refractivity contribution in [1.82, 2.24) is 9.97 Å². The number of nitrogens with zero attached hydrogens (tertiary/aromatic N) is 2. The zero-order valence-corrected chi connectivity index (χ0v) is 12.7. The van der Waals surface area contributed by atoms with E-state index in [1.807, 2.05) is 0 Å². The first kappa shape index (κ1) is 15.6. The monoisotopic (exact) mass is 304 g/mol. The molecule has 0 atom stereocenters. The van der Waals surface area contributed by atoms with Crippen molar-refractivity contribution in [3.05, 3.63) is 35.5 Å². The lowest BCUT2D eigenvalue weighted by Crippen LogP contribution is -2.10. The van der Waals surface area contributed by atoms with E-state index in [1.165, 1.54) is 27.4 Å². The smallest absolute Gasteiger partial charge is 0.345 e. The lowest BCUT2D eigenvalue weighted by molar-refractivity contribution is 0.0725. The maximum Gasteiger partial charge on any atom is 0.345 e. The Balaban J connectivity index is 2.24. The number of aryl methyl sites for hydroxylation is 1. The third kappa shape index (κ3) is 3.43. The summed E-state index contributed by atoms with van der Waals surface area (Å²) in [7, 11) is 4.45. The molecule has 2 aromatic rings. The Morgan fingerprint density at radius 1 is 0.955 bits per heavy atom. The minimum Gasteiger partial charge on any atom is -0.493 e. The predicted octanol–water partition coefficient (Wildman–Crippen LogP) is 2.03. The first-order chi connectivity index (χ1) is 10.6. The molecule has 1 aromatic carbocycles. The molecule has 0 saturated heterocycles. The minimum absolute atomic E-state index is 0.115. The average Bonchev–Trinajstić information content (AvgIpc) is 2.53. The van der Waals surface area contributed by atoms with Crippen LogP contribution in [0.15, 0.2) is 24.3 Å². The van der Waals surface area contributed by atoms with Crippen molar-refractivity contribution < 1.29 is 23.7 Å². The van der Waals surface area contributed by atoms with E-state index in [-0.39, 0.29) is 11.9 Å². The summed E-state index contributed by atoms with van der Waals surface area (Å²) in [6, 6.07) is 6.42. The molecule has 0 aliphatic rings. The number of methoxy groups -OCH3 is 3. The van der Waals surface area contributed by atoms with Gasteiger partial charge in [0.2, 0.25) is 5.88 Å². The summed E-state index contributed by atoms with van der Waals surface area (Å²) >= 11 is 0. The van der Waals surface area contributed by atoms with Gasteiger partial charge in [0.25, 0.3) is 0 Å². The fourth-order valence-electron chi connectivity index (χ4n) is 1.77. The standard InChI is InChI=1S/C15H16N2O5/c1-9-7-13(17-15(16-9)21-4)22-14(18)10-5-6-11(19-2)12(8-10)20-3/h5-8H,1-4H3. The predicted molar refractivity (Wildman–Crippen MR) is 77.8 cm³/mol. The fourth-order valence-corrected chi connectivity index (χ4v) is 1.77. The molecule has 0 fully saturated rings. The first-order valence-electron chi connectivity index (χ1n) is 6.41. The van der Waals surface area contributed by atoms with Gasteiger partial charge in [0.1, 0.15) is 0 Å². The number of esters is 1. The van der Waals surface area contributed by atoms with E-state index in [1.54, 1.807) is 25.1 Å². The molecule has 1 aromatic heterocycles. The van der Waals surface area contributed by atoms with Crippen LogP contribution >= 0.6 is 0 Å². The van der Waals surface area contributed by atoms with Crippen molar-refractivity contribution in [3.63, 3.8) is 0 Å². The van der Waals surface area contributed by atoms with Gasteiger partial charge < -0.3 is 18.9 Å². The highest BCUT2D eigenvalue weighted by Crippen LogP contribution is 2.28. The van der Waals surface area contributed by atoms with E-state index in [0.29, 0.717) is 22.8 Å². The molecular weight excluding hydrogens is 288 g/mol. The van der Waals surface area contributed by atoms with Gasteiger partial charge >= 0.3 is 12.0 Å². The molecule has 0 bridgehead atoms. The zero-order valence-electron chi connectivity index (χ0n) is 12.7. The molecule has 0 saturated carbocycles. The van der Waals surface area contributed by atoms with Gasteiger partial charge in [-0.25, -0.2) is 9.78 Å². The van der Waals surface area contributed by atoms with Crippen molar-refractivity contribution >= 4 is 5.97 Å². The second kappa shape index (κ2) is 6.75. The van der Waals surface area contributed by atoms with Gasteiger partial charge in [-0.05, 0) is 25.1 Å². The van der Waals surface area contributed by atoms with E-state index in [4.69, 9.17) is 18.9 Å². The number of carbonyl (C=O) groups excluding carboxylic acids is 1. The summed E-state index contributed by atoms with van der Waals surface area (Å²) in [5.41, 5.74) is 0.940. The van der Waals surface area contributed by atoms with Gasteiger partial charge in [-0.2, -0.15) is 4.98 Å². The van der Waals surface area contributed by atoms with E-state index in [2.05, 4.69) is 9.97 Å². The van der Waals surface area contributed by atoms with Crippen LogP contribution in [-0.2, 0) is 0 Å². The maximum absolute atomic E-state index is 12.2. The molecule has 22 heavy (non-hydrogen) atoms. The molecule has 0 unspecified atom stereocenters. The van der Waals surface area contributed by atoms with Gasteiger partial charge in [0.05, 0.1) is 26.9 Å². The summed E-state index contributed by atoms with van der Waals surface area (Å²) in [6.07, 6.45) is 0. The number of ether oxygens (including phenoxy) is 4. The molecular formula is C15H16N2O5. The van der Waals surface area contributed by atoms with Gasteiger partial charge in [0, 0.05) is 11.8 Å². The molecule has 7 heteroatoms. The summed E-state index contributed by atoms with van der Waals surface area (Å²) in [5.74, 6) is 0.511. The summed E-state index contributed by atoms with van der Waals surface area (Å²) in [6.45, 7) is 1.75. The Kier molecular flexibility index (Phi) is 4.77. The van der Waals surface area contributed by atoms with E-state index < -0.39 is 5.97 Å². The average molecular weight is 304 g/mol. The van der Waals surface area contributed by atoms with Crippen molar-refractivity contribution in [1.29, 1.82) is 0 Å². The number of hydrogen-bond donors (Lipinski definition) is 0. The number of carbonyl (C=O) groups is 1. The molecule has 116 valence electrons. The summed E-state index contributed by atoms with van der Waals surface area (Å²) < 4.78 is 20.4. The Morgan fingerprint density at radius 2 is 1.68 bits per heavy atom. The Hall–Kier alpha value is -2.83. The highest BCUT2D eigenvalue weighted by Gasteiger charge is 2.14. The zero-order chi connectivity index (χ0) is 16.1. The van der Waals surface area contributed by atoms with Gasteiger partial charge in [-0.1, -0.05) is 0 Å². The van der Waals surface area contributed by atoms with Crippen LogP contribution in [0.5, 0.6) is 23.4 Å². The van der Waals surface area contributed by atoms with Gasteiger partial charge in [-0.15, -0.1) is 0 Å². The molecule has 0 aliphatic heterocycles. The van der Waals surface area contributed by atoms with E-state index in [0.717, 1.165) is 0 Å². The number of benzene rings is 1. The third-order valence-electron chi connectivity index (χ3n) is 2.81. The van der Waals surface area contributed by atoms with Crippen molar-refractivity contribution in [3.8, 4) is 23.4 Å². The van der Waals surface area contributed by atoms with E-state index >= 15 is 0 Å². The third-order valence-corrected chi connectivity index (χ3v) is 2.81. The lowest BCUT2D eigenvalue weighted by Gasteiger charge is -2.09. The molecule has 0 spiro atoms. The fraction of sp³-hybridized carbons (Fsp3) is 0.267. The molecule has 0 radical (unpaired) electrons. The topological polar surface area (TPSA) is 79.8 Å². The van der Waals surface area contributed by atoms with Crippen LogP contribution in [0.2, 0.25) is 0 Å². The second-order valence-electron chi connectivity index (χ2n) is 4.29. The van der Waals surface area contributed by atoms with Crippen LogP contribution in [0, 0.1) is 6.92 Å². The lowest BCUT2D eigenvalue weighted by atomic mass is 10.2. The van der Waals surface area contributed by atoms with Gasteiger partial charge in [0.15, 0.2) is 11.5 Å². The van der Waals surface area contributed by atoms with Crippen LogP contribution < -0.4 is 18.9 Å². The molecule has 1 heterocycles. The molecule has 0 amide bonds. The largest absolute Gasteiger partial charge is 0.493 e. The molecule has 0 aliphatic carbocycles. The van der Waals surface area contributed by atoms with Crippen LogP contribution in [0.25, 0.3) is 0 Å². The van der Waals surface area contributed by atoms with E-state index in [9.17, 15) is 4.79 Å². The Bertz CT molecular complexity index is 688. The normalized spacial score (nSPS) is 10.0. The number of hydrogen-bond acceptors (Lipinski definition) is 7. The Morgan fingerprint density at radius 3 is 2.32 bits per heavy atom. The minimum atomic E-state index is -0.568. The van der Waals surface area contributed by atoms with Gasteiger partial charge in [-0.3, -0.25) is 0 Å². The number of aromatic nitrogens is 2. The second-order valence-corrected chi connectivity index (χ2v) is 4.29.